The molecule has 1 rings (SSSR count). The maximum Gasteiger partial charge on any atom is 0.387 e. The maximum absolute atomic E-state index is 11.8. The van der Waals surface area contributed by atoms with Crippen molar-refractivity contribution in [1.82, 2.24) is 4.98 Å². The van der Waals surface area contributed by atoms with Gasteiger partial charge in [-0.2, -0.15) is 8.78 Å². The summed E-state index contributed by atoms with van der Waals surface area (Å²) in [5, 5.41) is 0. The van der Waals surface area contributed by atoms with E-state index >= 15 is 0 Å². The van der Waals surface area contributed by atoms with Crippen molar-refractivity contribution in [3.63, 3.8) is 0 Å². The molecule has 1 aromatic heterocycles. The van der Waals surface area contributed by atoms with Gasteiger partial charge in [0.1, 0.15) is 5.75 Å². The fourth-order valence-corrected chi connectivity index (χ4v) is 1.28. The van der Waals surface area contributed by atoms with E-state index in [0.717, 1.165) is 0 Å². The van der Waals surface area contributed by atoms with Crippen LogP contribution in [0.15, 0.2) is 16.9 Å². The van der Waals surface area contributed by atoms with Crippen molar-refractivity contribution in [2.45, 2.75) is 13.5 Å². The molecule has 0 spiro atoms. The smallest absolute Gasteiger partial charge is 0.387 e. The lowest BCUT2D eigenvalue weighted by Crippen LogP contribution is -2.04. The van der Waals surface area contributed by atoms with Gasteiger partial charge in [0.15, 0.2) is 0 Å². The van der Waals surface area contributed by atoms with Gasteiger partial charge in [0, 0.05) is 18.0 Å². The summed E-state index contributed by atoms with van der Waals surface area (Å²) in [5.74, 6) is 0.139. The predicted octanol–water partition coefficient (Wildman–Crippen LogP) is 2.75. The van der Waals surface area contributed by atoms with Gasteiger partial charge in [0.2, 0.25) is 0 Å². The molecule has 0 aromatic carbocycles. The van der Waals surface area contributed by atoms with Crippen molar-refractivity contribution in [2.75, 3.05) is 0 Å². The average Bonchev–Trinajstić information content (AvgIpc) is 1.97. The van der Waals surface area contributed by atoms with E-state index in [2.05, 4.69) is 25.7 Å². The molecule has 0 saturated carbocycles. The number of nitrogens with zero attached hydrogens (tertiary/aromatic N) is 1. The van der Waals surface area contributed by atoms with Crippen LogP contribution in [0.3, 0.4) is 0 Å². The van der Waals surface area contributed by atoms with E-state index in [4.69, 9.17) is 0 Å². The molecule has 0 bridgehead atoms. The summed E-state index contributed by atoms with van der Waals surface area (Å²) < 4.78 is 28.3. The lowest BCUT2D eigenvalue weighted by atomic mass is 10.3. The summed E-state index contributed by atoms with van der Waals surface area (Å²) >= 11 is 3.05. The third-order valence-electron chi connectivity index (χ3n) is 1.24. The molecule has 12 heavy (non-hydrogen) atoms. The van der Waals surface area contributed by atoms with Gasteiger partial charge in [-0.15, -0.1) is 0 Å². The van der Waals surface area contributed by atoms with Gasteiger partial charge in [0.25, 0.3) is 0 Å². The van der Waals surface area contributed by atoms with Gasteiger partial charge >= 0.3 is 6.61 Å². The minimum atomic E-state index is -2.80. The van der Waals surface area contributed by atoms with Crippen LogP contribution in [-0.2, 0) is 0 Å². The van der Waals surface area contributed by atoms with Gasteiger partial charge < -0.3 is 4.74 Å². The summed E-state index contributed by atoms with van der Waals surface area (Å²) in [7, 11) is 0. The minimum absolute atomic E-state index is 0.139. The molecule has 0 N–H and O–H groups in total. The van der Waals surface area contributed by atoms with E-state index in [1.54, 1.807) is 6.92 Å². The van der Waals surface area contributed by atoms with E-state index < -0.39 is 6.61 Å². The number of alkyl halides is 2. The van der Waals surface area contributed by atoms with E-state index in [9.17, 15) is 8.78 Å². The number of pyridine rings is 1. The fraction of sp³-hybridized carbons (Fsp3) is 0.286. The van der Waals surface area contributed by atoms with Crippen molar-refractivity contribution >= 4 is 15.9 Å². The third-order valence-corrected chi connectivity index (χ3v) is 1.80. The van der Waals surface area contributed by atoms with Crippen molar-refractivity contribution < 1.29 is 13.5 Å². The molecule has 0 aliphatic rings. The highest BCUT2D eigenvalue weighted by atomic mass is 79.9. The molecule has 5 heteroatoms. The maximum atomic E-state index is 11.8. The van der Waals surface area contributed by atoms with Crippen molar-refractivity contribution in [2.24, 2.45) is 0 Å². The van der Waals surface area contributed by atoms with E-state index in [1.165, 1.54) is 12.4 Å². The van der Waals surface area contributed by atoms with Gasteiger partial charge in [-0.3, -0.25) is 4.98 Å². The Balaban J connectivity index is 2.96. The zero-order valence-corrected chi connectivity index (χ0v) is 7.81. The SMILES string of the molecule is Cc1cncc(Br)c1OC(F)F. The Hall–Kier alpha value is -0.710. The Morgan fingerprint density at radius 3 is 2.67 bits per heavy atom. The van der Waals surface area contributed by atoms with Crippen LogP contribution in [-0.4, -0.2) is 11.6 Å². The summed E-state index contributed by atoms with van der Waals surface area (Å²) in [5.41, 5.74) is 0.574. The van der Waals surface area contributed by atoms with Crippen LogP contribution in [0.1, 0.15) is 5.56 Å². The van der Waals surface area contributed by atoms with Crippen LogP contribution < -0.4 is 4.74 Å². The summed E-state index contributed by atoms with van der Waals surface area (Å²) in [6, 6.07) is 0. The largest absolute Gasteiger partial charge is 0.433 e. The van der Waals surface area contributed by atoms with Gasteiger partial charge in [0.05, 0.1) is 4.47 Å². The first kappa shape index (κ1) is 9.38. The van der Waals surface area contributed by atoms with Crippen LogP contribution in [0, 0.1) is 6.92 Å². The molecule has 0 saturated heterocycles. The molecule has 0 fully saturated rings. The number of hydrogen-bond acceptors (Lipinski definition) is 2. The molecule has 0 unspecified atom stereocenters. The first-order valence-corrected chi connectivity index (χ1v) is 3.95. The van der Waals surface area contributed by atoms with Gasteiger partial charge in [-0.1, -0.05) is 0 Å². The number of ether oxygens (including phenoxy) is 1. The Bertz CT molecular complexity index is 260. The number of hydrogen-bond donors (Lipinski definition) is 0. The monoisotopic (exact) mass is 237 g/mol. The normalized spacial score (nSPS) is 10.4. The molecule has 66 valence electrons. The van der Waals surface area contributed by atoms with Crippen molar-refractivity contribution in [1.29, 1.82) is 0 Å². The number of rotatable bonds is 2. The Kier molecular flexibility index (Phi) is 2.97. The summed E-state index contributed by atoms with van der Waals surface area (Å²) in [6.07, 6.45) is 2.87. The van der Waals surface area contributed by atoms with Crippen LogP contribution in [0.4, 0.5) is 8.78 Å². The molecular formula is C7H6BrF2NO. The molecular weight excluding hydrogens is 232 g/mol. The second-order valence-corrected chi connectivity index (χ2v) is 3.00. The van der Waals surface area contributed by atoms with Crippen LogP contribution in [0.5, 0.6) is 5.75 Å². The zero-order chi connectivity index (χ0) is 9.14. The summed E-state index contributed by atoms with van der Waals surface area (Å²) in [6.45, 7) is -1.16. The molecule has 0 aliphatic heterocycles. The van der Waals surface area contributed by atoms with Crippen LogP contribution >= 0.6 is 15.9 Å². The molecule has 0 atom stereocenters. The fourth-order valence-electron chi connectivity index (χ4n) is 0.758. The molecule has 0 amide bonds. The van der Waals surface area contributed by atoms with E-state index in [1.807, 2.05) is 0 Å². The van der Waals surface area contributed by atoms with Crippen LogP contribution in [0.25, 0.3) is 0 Å². The lowest BCUT2D eigenvalue weighted by Gasteiger charge is -2.08. The van der Waals surface area contributed by atoms with E-state index in [-0.39, 0.29) is 5.75 Å². The topological polar surface area (TPSA) is 22.1 Å². The standard InChI is InChI=1S/C7H6BrF2NO/c1-4-2-11-3-5(8)6(4)12-7(9)10/h2-3,7H,1H3. The Morgan fingerprint density at radius 2 is 2.17 bits per heavy atom. The van der Waals surface area contributed by atoms with Crippen LogP contribution in [0.2, 0.25) is 0 Å². The number of aromatic nitrogens is 1. The molecule has 0 aliphatic carbocycles. The second-order valence-electron chi connectivity index (χ2n) is 2.15. The highest BCUT2D eigenvalue weighted by Gasteiger charge is 2.10. The second kappa shape index (κ2) is 3.80. The minimum Gasteiger partial charge on any atom is -0.433 e. The van der Waals surface area contributed by atoms with Crippen molar-refractivity contribution in [3.8, 4) is 5.75 Å². The zero-order valence-electron chi connectivity index (χ0n) is 6.22. The van der Waals surface area contributed by atoms with Gasteiger partial charge in [-0.25, -0.2) is 0 Å². The van der Waals surface area contributed by atoms with Crippen molar-refractivity contribution in [3.05, 3.63) is 22.4 Å². The quantitative estimate of drug-likeness (QED) is 0.790. The average molecular weight is 238 g/mol. The first-order chi connectivity index (χ1) is 5.61. The highest BCUT2D eigenvalue weighted by molar-refractivity contribution is 9.10. The number of aryl methyl sites for hydroxylation is 1. The lowest BCUT2D eigenvalue weighted by molar-refractivity contribution is -0.0508. The Morgan fingerprint density at radius 1 is 1.50 bits per heavy atom. The first-order valence-electron chi connectivity index (χ1n) is 3.16. The highest BCUT2D eigenvalue weighted by Crippen LogP contribution is 2.28. The molecule has 1 heterocycles. The number of halogens is 3. The third kappa shape index (κ3) is 2.14. The molecule has 0 radical (unpaired) electrons. The molecule has 1 aromatic rings. The van der Waals surface area contributed by atoms with E-state index in [0.29, 0.717) is 10.0 Å². The Labute approximate surface area is 76.7 Å². The van der Waals surface area contributed by atoms with Gasteiger partial charge in [-0.05, 0) is 22.9 Å². The molecule has 2 nitrogen and oxygen atoms in total. The summed E-state index contributed by atoms with van der Waals surface area (Å²) in [4.78, 5) is 3.78. The predicted molar refractivity (Wildman–Crippen MR) is 43.3 cm³/mol.